The van der Waals surface area contributed by atoms with Crippen LogP contribution >= 0.6 is 0 Å². The summed E-state index contributed by atoms with van der Waals surface area (Å²) in [6.07, 6.45) is 2.38. The first-order chi connectivity index (χ1) is 12.2. The molecule has 3 rings (SSSR count). The summed E-state index contributed by atoms with van der Waals surface area (Å²) in [5.74, 6) is 0.533. The zero-order chi connectivity index (χ0) is 17.6. The third-order valence-corrected chi connectivity index (χ3v) is 4.00. The lowest BCUT2D eigenvalue weighted by Gasteiger charge is -2.16. The van der Waals surface area contributed by atoms with Crippen LogP contribution in [0.4, 0.5) is 5.82 Å². The molecular formula is C21H20N2O2. The summed E-state index contributed by atoms with van der Waals surface area (Å²) in [7, 11) is 0. The number of pyridine rings is 1. The predicted octanol–water partition coefficient (Wildman–Crippen LogP) is 4.04. The van der Waals surface area contributed by atoms with Gasteiger partial charge >= 0.3 is 0 Å². The van der Waals surface area contributed by atoms with Crippen molar-refractivity contribution in [1.29, 1.82) is 0 Å². The summed E-state index contributed by atoms with van der Waals surface area (Å²) >= 11 is 0. The fourth-order valence-corrected chi connectivity index (χ4v) is 2.65. The number of hydrogen-bond donors (Lipinski definition) is 1. The number of rotatable bonds is 6. The van der Waals surface area contributed by atoms with Crippen LogP contribution in [0.25, 0.3) is 0 Å². The molecule has 2 N–H and O–H groups in total. The molecule has 1 heterocycles. The van der Waals surface area contributed by atoms with Crippen LogP contribution in [0, 0.1) is 0 Å². The first-order valence-electron chi connectivity index (χ1n) is 8.24. The molecule has 0 unspecified atom stereocenters. The molecule has 0 atom stereocenters. The fraction of sp³-hybridized carbons (Fsp3) is 0.143. The normalized spacial score (nSPS) is 10.4. The number of carbonyl (C=O) groups excluding carboxylic acids is 1. The molecule has 126 valence electrons. The maximum absolute atomic E-state index is 13.0. The van der Waals surface area contributed by atoms with Crippen molar-refractivity contribution >= 4 is 11.6 Å². The van der Waals surface area contributed by atoms with Crippen molar-refractivity contribution in [2.75, 3.05) is 5.73 Å². The highest BCUT2D eigenvalue weighted by molar-refractivity contribution is 6.13. The maximum atomic E-state index is 13.0. The van der Waals surface area contributed by atoms with Crippen molar-refractivity contribution in [3.63, 3.8) is 0 Å². The molecular weight excluding hydrogens is 312 g/mol. The van der Waals surface area contributed by atoms with Gasteiger partial charge in [-0.15, -0.1) is 0 Å². The second-order valence-electron chi connectivity index (χ2n) is 5.70. The molecule has 2 aromatic carbocycles. The van der Waals surface area contributed by atoms with Gasteiger partial charge in [0.1, 0.15) is 23.7 Å². The molecule has 0 radical (unpaired) electrons. The van der Waals surface area contributed by atoms with Crippen molar-refractivity contribution in [2.45, 2.75) is 20.0 Å². The Kier molecular flexibility index (Phi) is 5.09. The van der Waals surface area contributed by atoms with E-state index in [2.05, 4.69) is 4.98 Å². The van der Waals surface area contributed by atoms with Crippen LogP contribution < -0.4 is 10.5 Å². The van der Waals surface area contributed by atoms with Gasteiger partial charge in [0.2, 0.25) is 5.78 Å². The van der Waals surface area contributed by atoms with Crippen LogP contribution in [-0.4, -0.2) is 10.8 Å². The fourth-order valence-electron chi connectivity index (χ4n) is 2.65. The third kappa shape index (κ3) is 3.69. The molecule has 4 nitrogen and oxygen atoms in total. The Morgan fingerprint density at radius 1 is 1.04 bits per heavy atom. The molecule has 0 saturated heterocycles. The van der Waals surface area contributed by atoms with E-state index in [1.807, 2.05) is 55.5 Å². The van der Waals surface area contributed by atoms with Gasteiger partial charge in [0.25, 0.3) is 0 Å². The molecule has 0 spiro atoms. The summed E-state index contributed by atoms with van der Waals surface area (Å²) in [4.78, 5) is 17.2. The van der Waals surface area contributed by atoms with Crippen molar-refractivity contribution in [3.8, 4) is 5.75 Å². The van der Waals surface area contributed by atoms with Gasteiger partial charge in [-0.2, -0.15) is 0 Å². The van der Waals surface area contributed by atoms with E-state index in [0.29, 0.717) is 29.9 Å². The van der Waals surface area contributed by atoms with E-state index in [1.54, 1.807) is 18.3 Å². The van der Waals surface area contributed by atoms with Crippen molar-refractivity contribution in [2.24, 2.45) is 0 Å². The number of nitrogens with two attached hydrogens (primary N) is 1. The Morgan fingerprint density at radius 2 is 1.68 bits per heavy atom. The first-order valence-corrected chi connectivity index (χ1v) is 8.24. The van der Waals surface area contributed by atoms with Crippen molar-refractivity contribution < 1.29 is 9.53 Å². The average Bonchev–Trinajstić information content (AvgIpc) is 2.67. The number of anilines is 1. The van der Waals surface area contributed by atoms with Crippen LogP contribution in [0.3, 0.4) is 0 Å². The second kappa shape index (κ2) is 7.62. The SMILES string of the molecule is CCc1cnc(N)c(C(=O)c2ccccc2)c1OCc1ccccc1. The van der Waals surface area contributed by atoms with Crippen LogP contribution in [0.2, 0.25) is 0 Å². The van der Waals surface area contributed by atoms with E-state index in [9.17, 15) is 4.79 Å². The number of ketones is 1. The summed E-state index contributed by atoms with van der Waals surface area (Å²) in [6.45, 7) is 2.37. The van der Waals surface area contributed by atoms with Crippen LogP contribution in [-0.2, 0) is 13.0 Å². The molecule has 4 heteroatoms. The minimum atomic E-state index is -0.177. The summed E-state index contributed by atoms with van der Waals surface area (Å²) in [5, 5.41) is 0. The third-order valence-electron chi connectivity index (χ3n) is 4.00. The highest BCUT2D eigenvalue weighted by atomic mass is 16.5. The van der Waals surface area contributed by atoms with Gasteiger partial charge in [0.15, 0.2) is 0 Å². The van der Waals surface area contributed by atoms with Crippen molar-refractivity contribution in [1.82, 2.24) is 4.98 Å². The largest absolute Gasteiger partial charge is 0.488 e. The summed E-state index contributed by atoms with van der Waals surface area (Å²) < 4.78 is 6.03. The number of nitrogens with zero attached hydrogens (tertiary/aromatic N) is 1. The van der Waals surface area contributed by atoms with Gasteiger partial charge in [0, 0.05) is 17.3 Å². The van der Waals surface area contributed by atoms with E-state index in [0.717, 1.165) is 11.1 Å². The lowest BCUT2D eigenvalue weighted by atomic mass is 10.0. The predicted molar refractivity (Wildman–Crippen MR) is 98.7 cm³/mol. The second-order valence-corrected chi connectivity index (χ2v) is 5.70. The smallest absolute Gasteiger partial charge is 0.200 e. The minimum absolute atomic E-state index is 0.177. The van der Waals surface area contributed by atoms with E-state index in [1.165, 1.54) is 0 Å². The Morgan fingerprint density at radius 3 is 2.32 bits per heavy atom. The Hall–Kier alpha value is -3.14. The highest BCUT2D eigenvalue weighted by Gasteiger charge is 2.22. The number of aromatic nitrogens is 1. The van der Waals surface area contributed by atoms with Gasteiger partial charge in [-0.05, 0) is 12.0 Å². The number of nitrogen functional groups attached to an aromatic ring is 1. The van der Waals surface area contributed by atoms with Gasteiger partial charge in [-0.1, -0.05) is 67.6 Å². The topological polar surface area (TPSA) is 65.2 Å². The molecule has 1 aromatic heterocycles. The molecule has 0 saturated carbocycles. The number of ether oxygens (including phenoxy) is 1. The molecule has 3 aromatic rings. The summed E-state index contributed by atoms with van der Waals surface area (Å²) in [6, 6.07) is 18.9. The lowest BCUT2D eigenvalue weighted by molar-refractivity contribution is 0.103. The quantitative estimate of drug-likeness (QED) is 0.692. The Bertz CT molecular complexity index is 862. The highest BCUT2D eigenvalue weighted by Crippen LogP contribution is 2.31. The molecule has 0 fully saturated rings. The Labute approximate surface area is 147 Å². The van der Waals surface area contributed by atoms with E-state index < -0.39 is 0 Å². The number of benzene rings is 2. The zero-order valence-corrected chi connectivity index (χ0v) is 14.1. The van der Waals surface area contributed by atoms with Crippen LogP contribution in [0.5, 0.6) is 5.75 Å². The van der Waals surface area contributed by atoms with Gasteiger partial charge in [-0.3, -0.25) is 4.79 Å². The van der Waals surface area contributed by atoms with E-state index in [4.69, 9.17) is 10.5 Å². The van der Waals surface area contributed by atoms with Crippen LogP contribution in [0.15, 0.2) is 66.9 Å². The molecule has 0 amide bonds. The molecule has 0 aliphatic carbocycles. The summed E-state index contributed by atoms with van der Waals surface area (Å²) in [5.41, 5.74) is 8.83. The molecule has 0 aliphatic heterocycles. The minimum Gasteiger partial charge on any atom is -0.488 e. The maximum Gasteiger partial charge on any atom is 0.200 e. The average molecular weight is 332 g/mol. The van der Waals surface area contributed by atoms with Crippen molar-refractivity contribution in [3.05, 3.63) is 89.1 Å². The van der Waals surface area contributed by atoms with E-state index >= 15 is 0 Å². The standard InChI is InChI=1S/C21H20N2O2/c1-2-16-13-23-21(22)18(19(24)17-11-7-4-8-12-17)20(16)25-14-15-9-5-3-6-10-15/h3-13H,2,14H2,1H3,(H2,22,23). The zero-order valence-electron chi connectivity index (χ0n) is 14.1. The molecule has 0 aliphatic rings. The van der Waals surface area contributed by atoms with Crippen LogP contribution in [0.1, 0.15) is 34.0 Å². The lowest BCUT2D eigenvalue weighted by Crippen LogP contribution is -2.12. The number of aryl methyl sites for hydroxylation is 1. The van der Waals surface area contributed by atoms with Gasteiger partial charge in [0.05, 0.1) is 0 Å². The van der Waals surface area contributed by atoms with E-state index in [-0.39, 0.29) is 11.6 Å². The van der Waals surface area contributed by atoms with Gasteiger partial charge < -0.3 is 10.5 Å². The monoisotopic (exact) mass is 332 g/mol. The number of hydrogen-bond acceptors (Lipinski definition) is 4. The molecule has 0 bridgehead atoms. The Balaban J connectivity index is 2.00. The molecule has 25 heavy (non-hydrogen) atoms. The van der Waals surface area contributed by atoms with Gasteiger partial charge in [-0.25, -0.2) is 4.98 Å². The number of carbonyl (C=O) groups is 1. The first kappa shape index (κ1) is 16.7.